The predicted molar refractivity (Wildman–Crippen MR) is 96.7 cm³/mol. The van der Waals surface area contributed by atoms with E-state index in [1.165, 1.54) is 5.56 Å². The zero-order valence-electron chi connectivity index (χ0n) is 13.7. The van der Waals surface area contributed by atoms with E-state index in [-0.39, 0.29) is 0 Å². The van der Waals surface area contributed by atoms with Crippen molar-refractivity contribution < 1.29 is 0 Å². The van der Waals surface area contributed by atoms with Crippen molar-refractivity contribution in [1.29, 1.82) is 0 Å². The van der Waals surface area contributed by atoms with Gasteiger partial charge in [-0.1, -0.05) is 36.8 Å². The molecule has 0 aliphatic heterocycles. The molecule has 0 unspecified atom stereocenters. The number of hydrogen-bond donors (Lipinski definition) is 1. The zero-order chi connectivity index (χ0) is 16.5. The van der Waals surface area contributed by atoms with Gasteiger partial charge in [0.2, 0.25) is 0 Å². The molecule has 2 aromatic carbocycles. The SMILES string of the molecule is CCc1nc(-c2cccc(C)c2)c(-c2ccc3nccnc3c2)[nH]1. The first-order chi connectivity index (χ1) is 11.7. The van der Waals surface area contributed by atoms with Crippen molar-refractivity contribution >= 4 is 11.0 Å². The second kappa shape index (κ2) is 5.89. The maximum Gasteiger partial charge on any atom is 0.106 e. The van der Waals surface area contributed by atoms with Crippen molar-refractivity contribution in [2.24, 2.45) is 0 Å². The summed E-state index contributed by atoms with van der Waals surface area (Å²) in [7, 11) is 0. The van der Waals surface area contributed by atoms with Gasteiger partial charge < -0.3 is 4.98 Å². The maximum absolute atomic E-state index is 4.80. The quantitative estimate of drug-likeness (QED) is 0.603. The summed E-state index contributed by atoms with van der Waals surface area (Å²) in [6, 6.07) is 14.6. The molecular formula is C20H18N4. The van der Waals surface area contributed by atoms with E-state index >= 15 is 0 Å². The van der Waals surface area contributed by atoms with Gasteiger partial charge in [0.1, 0.15) is 5.82 Å². The van der Waals surface area contributed by atoms with Gasteiger partial charge in [-0.05, 0) is 25.1 Å². The highest BCUT2D eigenvalue weighted by molar-refractivity contribution is 5.85. The van der Waals surface area contributed by atoms with Crippen LogP contribution < -0.4 is 0 Å². The van der Waals surface area contributed by atoms with Crippen LogP contribution in [0.5, 0.6) is 0 Å². The molecule has 0 bridgehead atoms. The first kappa shape index (κ1) is 14.6. The van der Waals surface area contributed by atoms with Crippen LogP contribution in [0.4, 0.5) is 0 Å². The molecule has 0 saturated carbocycles. The van der Waals surface area contributed by atoms with E-state index in [0.717, 1.165) is 45.8 Å². The van der Waals surface area contributed by atoms with E-state index in [0.29, 0.717) is 0 Å². The van der Waals surface area contributed by atoms with Crippen LogP contribution in [0.15, 0.2) is 54.9 Å². The van der Waals surface area contributed by atoms with Crippen molar-refractivity contribution in [1.82, 2.24) is 19.9 Å². The summed E-state index contributed by atoms with van der Waals surface area (Å²) < 4.78 is 0. The summed E-state index contributed by atoms with van der Waals surface area (Å²) >= 11 is 0. The number of rotatable bonds is 3. The van der Waals surface area contributed by atoms with Crippen LogP contribution >= 0.6 is 0 Å². The average Bonchev–Trinajstić information content (AvgIpc) is 3.06. The molecule has 0 saturated heterocycles. The zero-order valence-corrected chi connectivity index (χ0v) is 13.7. The number of benzene rings is 2. The molecule has 118 valence electrons. The lowest BCUT2D eigenvalue weighted by molar-refractivity contribution is 0.992. The first-order valence-electron chi connectivity index (χ1n) is 8.11. The molecule has 2 aromatic heterocycles. The molecule has 4 rings (SSSR count). The fourth-order valence-corrected chi connectivity index (χ4v) is 2.92. The Morgan fingerprint density at radius 1 is 0.917 bits per heavy atom. The van der Waals surface area contributed by atoms with E-state index in [2.05, 4.69) is 65.2 Å². The van der Waals surface area contributed by atoms with E-state index in [1.807, 2.05) is 6.07 Å². The average molecular weight is 314 g/mol. The highest BCUT2D eigenvalue weighted by atomic mass is 14.9. The van der Waals surface area contributed by atoms with Crippen LogP contribution in [0.2, 0.25) is 0 Å². The van der Waals surface area contributed by atoms with Crippen LogP contribution in [0.3, 0.4) is 0 Å². The highest BCUT2D eigenvalue weighted by Gasteiger charge is 2.14. The second-order valence-electron chi connectivity index (χ2n) is 5.89. The number of hydrogen-bond acceptors (Lipinski definition) is 3. The molecule has 2 heterocycles. The molecule has 0 atom stereocenters. The Balaban J connectivity index is 1.91. The third-order valence-corrected chi connectivity index (χ3v) is 4.14. The van der Waals surface area contributed by atoms with Crippen molar-refractivity contribution in [3.63, 3.8) is 0 Å². The smallest absolute Gasteiger partial charge is 0.106 e. The minimum absolute atomic E-state index is 0.867. The Morgan fingerprint density at radius 3 is 2.54 bits per heavy atom. The van der Waals surface area contributed by atoms with Crippen molar-refractivity contribution in [2.75, 3.05) is 0 Å². The van der Waals surface area contributed by atoms with Gasteiger partial charge in [0.05, 0.1) is 22.4 Å². The van der Waals surface area contributed by atoms with Crippen molar-refractivity contribution in [2.45, 2.75) is 20.3 Å². The lowest BCUT2D eigenvalue weighted by Gasteiger charge is -2.05. The fraction of sp³-hybridized carbons (Fsp3) is 0.150. The largest absolute Gasteiger partial charge is 0.341 e. The molecule has 0 spiro atoms. The first-order valence-corrected chi connectivity index (χ1v) is 8.11. The molecule has 4 aromatic rings. The molecule has 4 nitrogen and oxygen atoms in total. The molecular weight excluding hydrogens is 296 g/mol. The third kappa shape index (κ3) is 2.56. The summed E-state index contributed by atoms with van der Waals surface area (Å²) in [5, 5.41) is 0. The number of nitrogens with one attached hydrogen (secondary N) is 1. The van der Waals surface area contributed by atoms with Crippen molar-refractivity contribution in [3.05, 3.63) is 66.2 Å². The summed E-state index contributed by atoms with van der Waals surface area (Å²) in [5.41, 5.74) is 7.23. The topological polar surface area (TPSA) is 54.5 Å². The van der Waals surface area contributed by atoms with Gasteiger partial charge in [0.25, 0.3) is 0 Å². The molecule has 0 amide bonds. The molecule has 0 radical (unpaired) electrons. The number of imidazole rings is 1. The second-order valence-corrected chi connectivity index (χ2v) is 5.89. The number of aromatic amines is 1. The summed E-state index contributed by atoms with van der Waals surface area (Å²) in [5.74, 6) is 0.987. The van der Waals surface area contributed by atoms with Crippen LogP contribution in [0, 0.1) is 6.92 Å². The number of H-pyrrole nitrogens is 1. The van der Waals surface area contributed by atoms with Gasteiger partial charge in [-0.25, -0.2) is 4.98 Å². The van der Waals surface area contributed by atoms with E-state index in [1.54, 1.807) is 12.4 Å². The van der Waals surface area contributed by atoms with E-state index in [9.17, 15) is 0 Å². The van der Waals surface area contributed by atoms with Crippen LogP contribution in [-0.4, -0.2) is 19.9 Å². The lowest BCUT2D eigenvalue weighted by atomic mass is 10.0. The number of aryl methyl sites for hydroxylation is 2. The van der Waals surface area contributed by atoms with E-state index in [4.69, 9.17) is 4.98 Å². The van der Waals surface area contributed by atoms with Crippen LogP contribution in [0.1, 0.15) is 18.3 Å². The highest BCUT2D eigenvalue weighted by Crippen LogP contribution is 2.31. The summed E-state index contributed by atoms with van der Waals surface area (Å²) in [6.07, 6.45) is 4.30. The lowest BCUT2D eigenvalue weighted by Crippen LogP contribution is -1.87. The third-order valence-electron chi connectivity index (χ3n) is 4.14. The number of aromatic nitrogens is 4. The minimum Gasteiger partial charge on any atom is -0.341 e. The Labute approximate surface area is 140 Å². The van der Waals surface area contributed by atoms with Crippen molar-refractivity contribution in [3.8, 4) is 22.5 Å². The van der Waals surface area contributed by atoms with E-state index < -0.39 is 0 Å². The molecule has 0 fully saturated rings. The predicted octanol–water partition coefficient (Wildman–Crippen LogP) is 4.56. The molecule has 4 heteroatoms. The summed E-state index contributed by atoms with van der Waals surface area (Å²) in [6.45, 7) is 4.21. The molecule has 0 aliphatic carbocycles. The molecule has 0 aliphatic rings. The van der Waals surface area contributed by atoms with Crippen LogP contribution in [-0.2, 0) is 6.42 Å². The van der Waals surface area contributed by atoms with Gasteiger partial charge in [-0.3, -0.25) is 9.97 Å². The van der Waals surface area contributed by atoms with Gasteiger partial charge in [-0.2, -0.15) is 0 Å². The molecule has 24 heavy (non-hydrogen) atoms. The Kier molecular flexibility index (Phi) is 3.58. The van der Waals surface area contributed by atoms with Gasteiger partial charge in [0, 0.05) is 29.9 Å². The summed E-state index contributed by atoms with van der Waals surface area (Å²) in [4.78, 5) is 17.0. The number of fused-ring (bicyclic) bond motifs is 1. The molecule has 1 N–H and O–H groups in total. The number of nitrogens with zero attached hydrogens (tertiary/aromatic N) is 3. The fourth-order valence-electron chi connectivity index (χ4n) is 2.92. The Morgan fingerprint density at radius 2 is 1.75 bits per heavy atom. The van der Waals surface area contributed by atoms with Crippen LogP contribution in [0.25, 0.3) is 33.5 Å². The standard InChI is InChI=1S/C20H18N4/c1-3-18-23-19(14-6-4-5-13(2)11-14)20(24-18)15-7-8-16-17(12-15)22-10-9-21-16/h4-12H,3H2,1-2H3,(H,23,24). The van der Waals surface area contributed by atoms with Gasteiger partial charge in [-0.15, -0.1) is 0 Å². The Hall–Kier alpha value is -3.01. The van der Waals surface area contributed by atoms with Gasteiger partial charge in [0.15, 0.2) is 0 Å². The minimum atomic E-state index is 0.867. The Bertz CT molecular complexity index is 1020. The van der Waals surface area contributed by atoms with Gasteiger partial charge >= 0.3 is 0 Å². The maximum atomic E-state index is 4.80. The normalized spacial score (nSPS) is 11.1. The monoisotopic (exact) mass is 314 g/mol.